The van der Waals surface area contributed by atoms with Crippen molar-refractivity contribution in [2.45, 2.75) is 13.8 Å². The molecule has 0 saturated carbocycles. The maximum Gasteiger partial charge on any atom is 0.308 e. The van der Waals surface area contributed by atoms with Gasteiger partial charge in [0.2, 0.25) is 0 Å². The highest BCUT2D eigenvalue weighted by atomic mass is 79.9. The van der Waals surface area contributed by atoms with Crippen molar-refractivity contribution in [1.82, 2.24) is 0 Å². The largest absolute Gasteiger partial charge is 0.426 e. The second kappa shape index (κ2) is 5.65. The van der Waals surface area contributed by atoms with Crippen molar-refractivity contribution in [2.75, 3.05) is 7.11 Å². The normalized spacial score (nSPS) is 11.1. The van der Waals surface area contributed by atoms with Crippen LogP contribution in [0.5, 0.6) is 5.75 Å². The molecule has 1 aromatic rings. The zero-order valence-corrected chi connectivity index (χ0v) is 10.9. The number of ether oxygens (including phenoxy) is 1. The van der Waals surface area contributed by atoms with E-state index < -0.39 is 0 Å². The third-order valence-electron chi connectivity index (χ3n) is 1.81. The molecule has 0 radical (unpaired) electrons. The topological polar surface area (TPSA) is 47.9 Å². The zero-order valence-electron chi connectivity index (χ0n) is 9.28. The fourth-order valence-corrected chi connectivity index (χ4v) is 1.58. The van der Waals surface area contributed by atoms with Gasteiger partial charge in [-0.25, -0.2) is 0 Å². The minimum Gasteiger partial charge on any atom is -0.426 e. The van der Waals surface area contributed by atoms with Gasteiger partial charge < -0.3 is 9.57 Å². The van der Waals surface area contributed by atoms with Crippen molar-refractivity contribution in [3.8, 4) is 5.75 Å². The van der Waals surface area contributed by atoms with Crippen molar-refractivity contribution in [3.63, 3.8) is 0 Å². The van der Waals surface area contributed by atoms with Crippen LogP contribution in [0.25, 0.3) is 0 Å². The molecule has 0 atom stereocenters. The van der Waals surface area contributed by atoms with Crippen LogP contribution in [0.1, 0.15) is 19.4 Å². The van der Waals surface area contributed by atoms with Crippen LogP contribution >= 0.6 is 15.9 Å². The molecule has 1 aromatic carbocycles. The number of rotatable bonds is 3. The Morgan fingerprint density at radius 2 is 2.06 bits per heavy atom. The van der Waals surface area contributed by atoms with Crippen LogP contribution in [0.3, 0.4) is 0 Å². The lowest BCUT2D eigenvalue weighted by molar-refractivity contribution is -0.131. The quantitative estimate of drug-likeness (QED) is 0.371. The average Bonchev–Trinajstić information content (AvgIpc) is 2.20. The third kappa shape index (κ3) is 3.34. The summed E-state index contributed by atoms with van der Waals surface area (Å²) in [6.45, 7) is 3.13. The van der Waals surface area contributed by atoms with Gasteiger partial charge in [-0.15, -0.1) is 0 Å². The Bertz CT molecular complexity index is 429. The summed E-state index contributed by atoms with van der Waals surface area (Å²) in [5.74, 6) is 0.0998. The molecule has 0 saturated heterocycles. The van der Waals surface area contributed by atoms with Crippen LogP contribution in [-0.2, 0) is 9.63 Å². The third-order valence-corrected chi connectivity index (χ3v) is 2.31. The molecule has 0 unspecified atom stereocenters. The highest BCUT2D eigenvalue weighted by molar-refractivity contribution is 9.10. The second-order valence-electron chi connectivity index (χ2n) is 3.09. The van der Waals surface area contributed by atoms with Crippen molar-refractivity contribution in [3.05, 3.63) is 28.2 Å². The molecule has 0 aliphatic carbocycles. The van der Waals surface area contributed by atoms with Gasteiger partial charge in [0.1, 0.15) is 12.9 Å². The van der Waals surface area contributed by atoms with Gasteiger partial charge in [-0.3, -0.25) is 4.79 Å². The highest BCUT2D eigenvalue weighted by Gasteiger charge is 2.10. The van der Waals surface area contributed by atoms with Crippen LogP contribution in [0.2, 0.25) is 0 Å². The maximum absolute atomic E-state index is 10.9. The number of halogens is 1. The van der Waals surface area contributed by atoms with E-state index in [1.807, 2.05) is 6.07 Å². The van der Waals surface area contributed by atoms with Gasteiger partial charge in [0, 0.05) is 17.0 Å². The van der Waals surface area contributed by atoms with Gasteiger partial charge in [0.15, 0.2) is 0 Å². The molecule has 0 aromatic heterocycles. The van der Waals surface area contributed by atoms with E-state index in [4.69, 9.17) is 9.57 Å². The van der Waals surface area contributed by atoms with Crippen molar-refractivity contribution in [2.24, 2.45) is 5.16 Å². The Morgan fingerprint density at radius 1 is 1.38 bits per heavy atom. The number of carbonyl (C=O) groups is 1. The SMILES string of the molecule is CO/N=C(/C)c1cc(Br)ccc1OC(C)=O. The standard InChI is InChI=1S/C11H12BrNO3/c1-7(13-15-3)10-6-9(12)4-5-11(10)16-8(2)14/h4-6H,1-3H3/b13-7-. The Hall–Kier alpha value is -1.36. The van der Waals surface area contributed by atoms with E-state index >= 15 is 0 Å². The number of benzene rings is 1. The lowest BCUT2D eigenvalue weighted by atomic mass is 10.1. The molecule has 0 fully saturated rings. The van der Waals surface area contributed by atoms with Crippen LogP contribution in [0.15, 0.2) is 27.8 Å². The fourth-order valence-electron chi connectivity index (χ4n) is 1.21. The smallest absolute Gasteiger partial charge is 0.308 e. The fraction of sp³-hybridized carbons (Fsp3) is 0.273. The summed E-state index contributed by atoms with van der Waals surface area (Å²) < 4.78 is 5.95. The van der Waals surface area contributed by atoms with E-state index in [2.05, 4.69) is 21.1 Å². The molecule has 0 amide bonds. The molecule has 16 heavy (non-hydrogen) atoms. The average molecular weight is 286 g/mol. The Morgan fingerprint density at radius 3 is 2.62 bits per heavy atom. The summed E-state index contributed by atoms with van der Waals surface area (Å²) >= 11 is 3.35. The Kier molecular flexibility index (Phi) is 4.49. The summed E-state index contributed by atoms with van der Waals surface area (Å²) in [5, 5.41) is 3.81. The lowest BCUT2D eigenvalue weighted by Crippen LogP contribution is -2.06. The summed E-state index contributed by atoms with van der Waals surface area (Å²) in [6, 6.07) is 5.31. The molecule has 0 heterocycles. The van der Waals surface area contributed by atoms with Gasteiger partial charge in [-0.1, -0.05) is 21.1 Å². The molecule has 1 rings (SSSR count). The molecular weight excluding hydrogens is 274 g/mol. The summed E-state index contributed by atoms with van der Waals surface area (Å²) in [7, 11) is 1.47. The first-order valence-electron chi connectivity index (χ1n) is 4.60. The molecule has 0 aliphatic rings. The summed E-state index contributed by atoms with van der Waals surface area (Å²) in [6.07, 6.45) is 0. The van der Waals surface area contributed by atoms with Gasteiger partial charge in [0.25, 0.3) is 0 Å². The molecule has 5 heteroatoms. The second-order valence-corrected chi connectivity index (χ2v) is 4.01. The lowest BCUT2D eigenvalue weighted by Gasteiger charge is -2.08. The van der Waals surface area contributed by atoms with Gasteiger partial charge in [-0.05, 0) is 25.1 Å². The first-order chi connectivity index (χ1) is 7.54. The van der Waals surface area contributed by atoms with E-state index in [1.54, 1.807) is 19.1 Å². The maximum atomic E-state index is 10.9. The van der Waals surface area contributed by atoms with Crippen molar-refractivity contribution < 1.29 is 14.4 Å². The molecule has 0 bridgehead atoms. The van der Waals surface area contributed by atoms with Crippen LogP contribution in [-0.4, -0.2) is 18.8 Å². The number of nitrogens with zero attached hydrogens (tertiary/aromatic N) is 1. The molecular formula is C11H12BrNO3. The van der Waals surface area contributed by atoms with Gasteiger partial charge >= 0.3 is 5.97 Å². The Balaban J connectivity index is 3.17. The summed E-state index contributed by atoms with van der Waals surface area (Å²) in [4.78, 5) is 15.6. The molecule has 4 nitrogen and oxygen atoms in total. The van der Waals surface area contributed by atoms with Crippen molar-refractivity contribution >= 4 is 27.6 Å². The van der Waals surface area contributed by atoms with Gasteiger partial charge in [-0.2, -0.15) is 0 Å². The predicted molar refractivity (Wildman–Crippen MR) is 64.7 cm³/mol. The van der Waals surface area contributed by atoms with Crippen LogP contribution in [0.4, 0.5) is 0 Å². The number of oxime groups is 1. The number of hydrogen-bond donors (Lipinski definition) is 0. The monoisotopic (exact) mass is 285 g/mol. The predicted octanol–water partition coefficient (Wildman–Crippen LogP) is 2.74. The Labute approximate surface area is 102 Å². The van der Waals surface area contributed by atoms with E-state index in [0.717, 1.165) is 4.47 Å². The molecule has 0 aliphatic heterocycles. The van der Waals surface area contributed by atoms with E-state index in [9.17, 15) is 4.79 Å². The highest BCUT2D eigenvalue weighted by Crippen LogP contribution is 2.24. The molecule has 0 N–H and O–H groups in total. The van der Waals surface area contributed by atoms with E-state index in [0.29, 0.717) is 17.0 Å². The zero-order chi connectivity index (χ0) is 12.1. The van der Waals surface area contributed by atoms with Crippen LogP contribution in [0, 0.1) is 0 Å². The van der Waals surface area contributed by atoms with Gasteiger partial charge in [0.05, 0.1) is 5.71 Å². The van der Waals surface area contributed by atoms with E-state index in [1.165, 1.54) is 14.0 Å². The molecule has 0 spiro atoms. The minimum atomic E-state index is -0.367. The first-order valence-corrected chi connectivity index (χ1v) is 5.40. The number of carbonyl (C=O) groups excluding carboxylic acids is 1. The van der Waals surface area contributed by atoms with Crippen LogP contribution < -0.4 is 4.74 Å². The minimum absolute atomic E-state index is 0.367. The summed E-state index contributed by atoms with van der Waals surface area (Å²) in [5.41, 5.74) is 1.35. The van der Waals surface area contributed by atoms with E-state index in [-0.39, 0.29) is 5.97 Å². The number of esters is 1. The van der Waals surface area contributed by atoms with Crippen molar-refractivity contribution in [1.29, 1.82) is 0 Å². The first kappa shape index (κ1) is 12.7. The molecule has 86 valence electrons. The number of hydrogen-bond acceptors (Lipinski definition) is 4.